The molecule has 0 radical (unpaired) electrons. The number of anilines is 1. The maximum Gasteiger partial charge on any atom is 0.266 e. The van der Waals surface area contributed by atoms with Gasteiger partial charge in [0.15, 0.2) is 5.82 Å². The Bertz CT molecular complexity index is 938. The highest BCUT2D eigenvalue weighted by Gasteiger charge is 2.27. The smallest absolute Gasteiger partial charge is 0.266 e. The van der Waals surface area contributed by atoms with E-state index in [0.29, 0.717) is 6.54 Å². The third-order valence-electron chi connectivity index (χ3n) is 4.66. The van der Waals surface area contributed by atoms with Crippen LogP contribution in [-0.2, 0) is 6.54 Å². The third-order valence-corrected chi connectivity index (χ3v) is 4.66. The molecule has 3 aromatic heterocycles. The Kier molecular flexibility index (Phi) is 4.43. The van der Waals surface area contributed by atoms with Gasteiger partial charge in [0.1, 0.15) is 0 Å². The summed E-state index contributed by atoms with van der Waals surface area (Å²) in [6.07, 6.45) is 5.54. The second-order valence-corrected chi connectivity index (χ2v) is 6.50. The fourth-order valence-corrected chi connectivity index (χ4v) is 3.32. The molecule has 1 aliphatic rings. The van der Waals surface area contributed by atoms with Gasteiger partial charge >= 0.3 is 0 Å². The van der Waals surface area contributed by atoms with E-state index in [9.17, 15) is 4.79 Å². The summed E-state index contributed by atoms with van der Waals surface area (Å²) in [4.78, 5) is 18.7. The summed E-state index contributed by atoms with van der Waals surface area (Å²) in [7, 11) is 0. The lowest BCUT2D eigenvalue weighted by Crippen LogP contribution is -2.37. The number of hydrogen-bond acceptors (Lipinski definition) is 6. The van der Waals surface area contributed by atoms with Crippen molar-refractivity contribution in [2.45, 2.75) is 32.4 Å². The Labute approximate surface area is 151 Å². The van der Waals surface area contributed by atoms with Gasteiger partial charge in [0.25, 0.3) is 5.56 Å². The zero-order valence-corrected chi connectivity index (χ0v) is 14.6. The van der Waals surface area contributed by atoms with Gasteiger partial charge in [0, 0.05) is 30.6 Å². The Morgan fingerprint density at radius 3 is 2.85 bits per heavy atom. The number of rotatable bonds is 4. The molecule has 1 unspecified atom stereocenters. The van der Waals surface area contributed by atoms with Gasteiger partial charge in [0.05, 0.1) is 24.0 Å². The molecule has 4 rings (SSSR count). The van der Waals surface area contributed by atoms with Crippen molar-refractivity contribution in [2.24, 2.45) is 0 Å². The number of aryl methyl sites for hydroxylation is 1. The van der Waals surface area contributed by atoms with E-state index < -0.39 is 0 Å². The first-order valence-corrected chi connectivity index (χ1v) is 8.76. The molecule has 1 atom stereocenters. The molecule has 0 saturated carbocycles. The van der Waals surface area contributed by atoms with Crippen molar-refractivity contribution >= 4 is 5.82 Å². The lowest BCUT2D eigenvalue weighted by molar-refractivity contribution is 0.488. The lowest BCUT2D eigenvalue weighted by Gasteiger charge is -2.25. The van der Waals surface area contributed by atoms with Crippen LogP contribution in [0.4, 0.5) is 5.82 Å². The SMILES string of the molecule is Cc1ccc(N2CCCC2Cn2nc(-c3cccnc3)ccc2=O)nn1. The van der Waals surface area contributed by atoms with Gasteiger partial charge in [-0.3, -0.25) is 9.78 Å². The Morgan fingerprint density at radius 2 is 2.08 bits per heavy atom. The predicted molar refractivity (Wildman–Crippen MR) is 98.9 cm³/mol. The van der Waals surface area contributed by atoms with Crippen molar-refractivity contribution < 1.29 is 0 Å². The van der Waals surface area contributed by atoms with Crippen molar-refractivity contribution in [3.63, 3.8) is 0 Å². The van der Waals surface area contributed by atoms with Crippen molar-refractivity contribution in [3.05, 3.63) is 64.8 Å². The molecular weight excluding hydrogens is 328 g/mol. The average Bonchev–Trinajstić information content (AvgIpc) is 3.13. The summed E-state index contributed by atoms with van der Waals surface area (Å²) in [5.74, 6) is 0.856. The zero-order chi connectivity index (χ0) is 17.9. The quantitative estimate of drug-likeness (QED) is 0.718. The summed E-state index contributed by atoms with van der Waals surface area (Å²) >= 11 is 0. The summed E-state index contributed by atoms with van der Waals surface area (Å²) < 4.78 is 1.55. The van der Waals surface area contributed by atoms with E-state index in [-0.39, 0.29) is 11.6 Å². The molecule has 1 fully saturated rings. The molecule has 26 heavy (non-hydrogen) atoms. The Balaban J connectivity index is 1.60. The monoisotopic (exact) mass is 348 g/mol. The summed E-state index contributed by atoms with van der Waals surface area (Å²) in [5.41, 5.74) is 2.44. The van der Waals surface area contributed by atoms with E-state index in [2.05, 4.69) is 25.2 Å². The molecule has 0 bridgehead atoms. The molecule has 0 aliphatic carbocycles. The van der Waals surface area contributed by atoms with Crippen LogP contribution < -0.4 is 10.5 Å². The lowest BCUT2D eigenvalue weighted by atomic mass is 10.2. The maximum atomic E-state index is 12.3. The standard InChI is InChI=1S/C19H20N6O/c1-14-6-8-18(22-21-14)24-11-3-5-16(24)13-25-19(26)9-7-17(23-25)15-4-2-10-20-12-15/h2,4,6-10,12,16H,3,5,11,13H2,1H3. The van der Waals surface area contributed by atoms with E-state index in [1.165, 1.54) is 0 Å². The first kappa shape index (κ1) is 16.4. The molecular formula is C19H20N6O. The van der Waals surface area contributed by atoms with Crippen LogP contribution in [-0.4, -0.2) is 37.5 Å². The predicted octanol–water partition coefficient (Wildman–Crippen LogP) is 2.07. The van der Waals surface area contributed by atoms with E-state index in [1.54, 1.807) is 29.2 Å². The fourth-order valence-electron chi connectivity index (χ4n) is 3.32. The van der Waals surface area contributed by atoms with Crippen LogP contribution in [0.2, 0.25) is 0 Å². The highest BCUT2D eigenvalue weighted by atomic mass is 16.1. The average molecular weight is 348 g/mol. The van der Waals surface area contributed by atoms with Crippen LogP contribution in [0.25, 0.3) is 11.3 Å². The van der Waals surface area contributed by atoms with Gasteiger partial charge in [-0.1, -0.05) is 0 Å². The second-order valence-electron chi connectivity index (χ2n) is 6.50. The molecule has 0 aromatic carbocycles. The van der Waals surface area contributed by atoms with Gasteiger partial charge in [0.2, 0.25) is 0 Å². The van der Waals surface area contributed by atoms with E-state index in [1.807, 2.05) is 31.2 Å². The Morgan fingerprint density at radius 1 is 1.15 bits per heavy atom. The minimum Gasteiger partial charge on any atom is -0.350 e. The topological polar surface area (TPSA) is 76.8 Å². The van der Waals surface area contributed by atoms with Crippen molar-refractivity contribution in [1.29, 1.82) is 0 Å². The Hall–Kier alpha value is -3.09. The maximum absolute atomic E-state index is 12.3. The highest BCUT2D eigenvalue weighted by Crippen LogP contribution is 2.24. The van der Waals surface area contributed by atoms with Crippen LogP contribution >= 0.6 is 0 Å². The number of nitrogens with zero attached hydrogens (tertiary/aromatic N) is 6. The van der Waals surface area contributed by atoms with Crippen molar-refractivity contribution in [1.82, 2.24) is 25.0 Å². The normalized spacial score (nSPS) is 16.8. The molecule has 7 nitrogen and oxygen atoms in total. The summed E-state index contributed by atoms with van der Waals surface area (Å²) in [6.45, 7) is 3.37. The molecule has 1 saturated heterocycles. The zero-order valence-electron chi connectivity index (χ0n) is 14.6. The number of hydrogen-bond donors (Lipinski definition) is 0. The van der Waals surface area contributed by atoms with Crippen molar-refractivity contribution in [3.8, 4) is 11.3 Å². The minimum atomic E-state index is -0.0977. The van der Waals surface area contributed by atoms with E-state index >= 15 is 0 Å². The van der Waals surface area contributed by atoms with Gasteiger partial charge in [-0.15, -0.1) is 5.10 Å². The molecule has 4 heterocycles. The van der Waals surface area contributed by atoms with E-state index in [4.69, 9.17) is 0 Å². The molecule has 132 valence electrons. The molecule has 7 heteroatoms. The molecule has 0 amide bonds. The van der Waals surface area contributed by atoms with Gasteiger partial charge in [-0.25, -0.2) is 4.68 Å². The fraction of sp³-hybridized carbons (Fsp3) is 0.316. The van der Waals surface area contributed by atoms with Crippen LogP contribution in [0.5, 0.6) is 0 Å². The number of aromatic nitrogens is 5. The van der Waals surface area contributed by atoms with Crippen LogP contribution in [0.3, 0.4) is 0 Å². The molecule has 0 spiro atoms. The second kappa shape index (κ2) is 7.03. The van der Waals surface area contributed by atoms with Crippen LogP contribution in [0, 0.1) is 6.92 Å². The highest BCUT2D eigenvalue weighted by molar-refractivity contribution is 5.56. The van der Waals surface area contributed by atoms with Gasteiger partial charge in [-0.05, 0) is 50.1 Å². The van der Waals surface area contributed by atoms with Crippen molar-refractivity contribution in [2.75, 3.05) is 11.4 Å². The summed E-state index contributed by atoms with van der Waals surface area (Å²) in [5, 5.41) is 13.0. The first-order chi connectivity index (χ1) is 12.7. The molecule has 1 aliphatic heterocycles. The minimum absolute atomic E-state index is 0.0977. The first-order valence-electron chi connectivity index (χ1n) is 8.76. The largest absolute Gasteiger partial charge is 0.350 e. The van der Waals surface area contributed by atoms with E-state index in [0.717, 1.165) is 42.2 Å². The molecule has 3 aromatic rings. The molecule has 0 N–H and O–H groups in total. The summed E-state index contributed by atoms with van der Waals surface area (Å²) in [6, 6.07) is 11.2. The third kappa shape index (κ3) is 3.33. The number of pyridine rings is 1. The van der Waals surface area contributed by atoms with Gasteiger partial charge < -0.3 is 4.90 Å². The van der Waals surface area contributed by atoms with Crippen LogP contribution in [0.1, 0.15) is 18.5 Å². The van der Waals surface area contributed by atoms with Crippen LogP contribution in [0.15, 0.2) is 53.6 Å². The van der Waals surface area contributed by atoms with Gasteiger partial charge in [-0.2, -0.15) is 10.2 Å².